The van der Waals surface area contributed by atoms with Crippen LogP contribution < -0.4 is 10.6 Å². The van der Waals surface area contributed by atoms with E-state index in [2.05, 4.69) is 10.6 Å². The summed E-state index contributed by atoms with van der Waals surface area (Å²) in [5, 5.41) is 6.23. The minimum absolute atomic E-state index is 0.101. The lowest BCUT2D eigenvalue weighted by Crippen LogP contribution is -2.50. The van der Waals surface area contributed by atoms with Crippen LogP contribution in [0.4, 0.5) is 10.1 Å². The third kappa shape index (κ3) is 2.49. The zero-order valence-electron chi connectivity index (χ0n) is 10.2. The number of nitrogens with one attached hydrogen (secondary N) is 2. The van der Waals surface area contributed by atoms with Crippen molar-refractivity contribution in [2.45, 2.75) is 31.7 Å². The first-order valence-corrected chi connectivity index (χ1v) is 6.47. The third-order valence-electron chi connectivity index (χ3n) is 3.46. The molecule has 0 spiro atoms. The Labute approximate surface area is 111 Å². The fourth-order valence-electron chi connectivity index (χ4n) is 2.30. The first-order chi connectivity index (χ1) is 8.57. The van der Waals surface area contributed by atoms with Gasteiger partial charge in [0.25, 0.3) is 0 Å². The van der Waals surface area contributed by atoms with Gasteiger partial charge in [0.1, 0.15) is 5.82 Å². The zero-order chi connectivity index (χ0) is 13.2. The Hall–Kier alpha value is -1.13. The van der Waals surface area contributed by atoms with Gasteiger partial charge in [-0.1, -0.05) is 18.5 Å². The molecule has 0 saturated carbocycles. The lowest BCUT2D eigenvalue weighted by atomic mass is 9.93. The largest absolute Gasteiger partial charge is 0.323 e. The number of carbonyl (C=O) groups excluding carboxylic acids is 1. The van der Waals surface area contributed by atoms with Crippen LogP contribution in [0.5, 0.6) is 0 Å². The molecule has 3 nitrogen and oxygen atoms in total. The summed E-state index contributed by atoms with van der Waals surface area (Å²) in [7, 11) is 0. The van der Waals surface area contributed by atoms with Crippen LogP contribution in [-0.2, 0) is 4.79 Å². The van der Waals surface area contributed by atoms with Crippen molar-refractivity contribution < 1.29 is 9.18 Å². The van der Waals surface area contributed by atoms with Gasteiger partial charge >= 0.3 is 0 Å². The molecule has 1 unspecified atom stereocenters. The second kappa shape index (κ2) is 5.24. The highest BCUT2D eigenvalue weighted by molar-refractivity contribution is 6.33. The molecular formula is C13H16ClFN2O. The van der Waals surface area contributed by atoms with Crippen LogP contribution >= 0.6 is 11.6 Å². The lowest BCUT2D eigenvalue weighted by Gasteiger charge is -2.26. The van der Waals surface area contributed by atoms with Gasteiger partial charge in [-0.3, -0.25) is 4.79 Å². The number of benzene rings is 1. The van der Waals surface area contributed by atoms with E-state index in [0.29, 0.717) is 5.69 Å². The van der Waals surface area contributed by atoms with Gasteiger partial charge in [-0.05, 0) is 44.0 Å². The Morgan fingerprint density at radius 1 is 1.61 bits per heavy atom. The molecule has 0 aromatic heterocycles. The van der Waals surface area contributed by atoms with Crippen LogP contribution in [-0.4, -0.2) is 18.0 Å². The summed E-state index contributed by atoms with van der Waals surface area (Å²) >= 11 is 5.89. The number of amides is 1. The Kier molecular flexibility index (Phi) is 3.88. The predicted octanol–water partition coefficient (Wildman–Crippen LogP) is 2.95. The van der Waals surface area contributed by atoms with E-state index in [1.807, 2.05) is 6.92 Å². The van der Waals surface area contributed by atoms with E-state index in [4.69, 9.17) is 11.6 Å². The summed E-state index contributed by atoms with van der Waals surface area (Å²) in [4.78, 5) is 12.3. The Morgan fingerprint density at radius 3 is 2.94 bits per heavy atom. The first-order valence-electron chi connectivity index (χ1n) is 6.09. The van der Waals surface area contributed by atoms with Crippen molar-refractivity contribution >= 4 is 23.2 Å². The molecular weight excluding hydrogens is 255 g/mol. The van der Waals surface area contributed by atoms with Gasteiger partial charge in [0.15, 0.2) is 0 Å². The van der Waals surface area contributed by atoms with Crippen molar-refractivity contribution in [3.63, 3.8) is 0 Å². The van der Waals surface area contributed by atoms with Crippen LogP contribution in [0.1, 0.15) is 26.2 Å². The van der Waals surface area contributed by atoms with E-state index in [9.17, 15) is 9.18 Å². The molecule has 18 heavy (non-hydrogen) atoms. The van der Waals surface area contributed by atoms with Crippen molar-refractivity contribution in [2.24, 2.45) is 0 Å². The number of carbonyl (C=O) groups is 1. The molecule has 1 aliphatic rings. The van der Waals surface area contributed by atoms with Gasteiger partial charge in [0, 0.05) is 0 Å². The second-order valence-electron chi connectivity index (χ2n) is 4.54. The van der Waals surface area contributed by atoms with Crippen molar-refractivity contribution in [1.29, 1.82) is 0 Å². The van der Waals surface area contributed by atoms with E-state index in [0.717, 1.165) is 25.8 Å². The van der Waals surface area contributed by atoms with Gasteiger partial charge in [-0.2, -0.15) is 0 Å². The van der Waals surface area contributed by atoms with E-state index in [-0.39, 0.29) is 10.9 Å². The highest BCUT2D eigenvalue weighted by atomic mass is 35.5. The first kappa shape index (κ1) is 13.3. The Bertz CT molecular complexity index is 458. The van der Waals surface area contributed by atoms with Crippen molar-refractivity contribution in [3.8, 4) is 0 Å². The van der Waals surface area contributed by atoms with Crippen molar-refractivity contribution in [2.75, 3.05) is 11.9 Å². The van der Waals surface area contributed by atoms with Crippen molar-refractivity contribution in [3.05, 3.63) is 29.0 Å². The molecule has 0 radical (unpaired) electrons. The molecule has 1 aliphatic heterocycles. The number of anilines is 1. The summed E-state index contributed by atoms with van der Waals surface area (Å²) in [5.41, 5.74) is -0.0675. The normalized spacial score (nSPS) is 23.1. The summed E-state index contributed by atoms with van der Waals surface area (Å²) in [5.74, 6) is -0.516. The maximum absolute atomic E-state index is 12.9. The SMILES string of the molecule is CCC1(C(=O)Nc2ccc(F)cc2Cl)CCCN1. The minimum Gasteiger partial charge on any atom is -0.323 e. The smallest absolute Gasteiger partial charge is 0.244 e. The van der Waals surface area contributed by atoms with Crippen molar-refractivity contribution in [1.82, 2.24) is 5.32 Å². The van der Waals surface area contributed by atoms with Crippen LogP contribution in [0.2, 0.25) is 5.02 Å². The Morgan fingerprint density at radius 2 is 2.39 bits per heavy atom. The van der Waals surface area contributed by atoms with Gasteiger partial charge in [-0.15, -0.1) is 0 Å². The number of halogens is 2. The molecule has 1 atom stereocenters. The summed E-state index contributed by atoms with van der Waals surface area (Å²) in [6.07, 6.45) is 2.52. The number of hydrogen-bond acceptors (Lipinski definition) is 2. The van der Waals surface area contributed by atoms with Gasteiger partial charge in [0.2, 0.25) is 5.91 Å². The molecule has 98 valence electrons. The molecule has 1 aromatic rings. The van der Waals surface area contributed by atoms with E-state index < -0.39 is 11.4 Å². The quantitative estimate of drug-likeness (QED) is 0.887. The molecule has 0 bridgehead atoms. The fraction of sp³-hybridized carbons (Fsp3) is 0.462. The maximum atomic E-state index is 12.9. The average Bonchev–Trinajstić information content (AvgIpc) is 2.82. The number of rotatable bonds is 3. The summed E-state index contributed by atoms with van der Waals surface area (Å²) < 4.78 is 12.9. The molecule has 1 fully saturated rings. The molecule has 5 heteroatoms. The van der Waals surface area contributed by atoms with E-state index in [1.165, 1.54) is 18.2 Å². The highest BCUT2D eigenvalue weighted by Crippen LogP contribution is 2.27. The predicted molar refractivity (Wildman–Crippen MR) is 70.3 cm³/mol. The topological polar surface area (TPSA) is 41.1 Å². The molecule has 2 rings (SSSR count). The van der Waals surface area contributed by atoms with Crippen LogP contribution in [0.3, 0.4) is 0 Å². The van der Waals surface area contributed by atoms with Gasteiger partial charge < -0.3 is 10.6 Å². The minimum atomic E-state index is -0.516. The molecule has 0 aliphatic carbocycles. The molecule has 2 N–H and O–H groups in total. The molecule has 1 saturated heterocycles. The van der Waals surface area contributed by atoms with Crippen LogP contribution in [0.25, 0.3) is 0 Å². The van der Waals surface area contributed by atoms with E-state index >= 15 is 0 Å². The maximum Gasteiger partial charge on any atom is 0.244 e. The van der Waals surface area contributed by atoms with Gasteiger partial charge in [0.05, 0.1) is 16.2 Å². The lowest BCUT2D eigenvalue weighted by molar-refractivity contribution is -0.122. The fourth-order valence-corrected chi connectivity index (χ4v) is 2.51. The monoisotopic (exact) mass is 270 g/mol. The molecule has 1 amide bonds. The van der Waals surface area contributed by atoms with Gasteiger partial charge in [-0.25, -0.2) is 4.39 Å². The molecule has 1 aromatic carbocycles. The summed E-state index contributed by atoms with van der Waals surface area (Å²) in [6.45, 7) is 2.82. The number of hydrogen-bond donors (Lipinski definition) is 2. The van der Waals surface area contributed by atoms with Crippen LogP contribution in [0, 0.1) is 5.82 Å². The van der Waals surface area contributed by atoms with E-state index in [1.54, 1.807) is 0 Å². The van der Waals surface area contributed by atoms with Crippen LogP contribution in [0.15, 0.2) is 18.2 Å². The average molecular weight is 271 g/mol. The summed E-state index contributed by atoms with van der Waals surface area (Å²) in [6, 6.07) is 3.95. The Balaban J connectivity index is 2.15. The third-order valence-corrected chi connectivity index (χ3v) is 3.77. The molecule has 1 heterocycles. The standard InChI is InChI=1S/C13H16ClFN2O/c1-2-13(6-3-7-16-13)12(18)17-11-5-4-9(15)8-10(11)14/h4-5,8,16H,2-3,6-7H2,1H3,(H,17,18). The highest BCUT2D eigenvalue weighted by Gasteiger charge is 2.39. The second-order valence-corrected chi connectivity index (χ2v) is 4.95. The zero-order valence-corrected chi connectivity index (χ0v) is 11.0.